The predicted molar refractivity (Wildman–Crippen MR) is 85.9 cm³/mol. The molecule has 2 aliphatic heterocycles. The zero-order chi connectivity index (χ0) is 15.4. The monoisotopic (exact) mass is 304 g/mol. The quantitative estimate of drug-likeness (QED) is 0.881. The number of piperidine rings is 1. The Morgan fingerprint density at radius 2 is 2.14 bits per heavy atom. The van der Waals surface area contributed by atoms with Crippen LogP contribution in [0.25, 0.3) is 0 Å². The first-order chi connectivity index (χ1) is 10.8. The third-order valence-electron chi connectivity index (χ3n) is 4.36. The number of hydrogen-bond acceptors (Lipinski definition) is 5. The van der Waals surface area contributed by atoms with Gasteiger partial charge >= 0.3 is 0 Å². The van der Waals surface area contributed by atoms with Crippen molar-refractivity contribution in [1.82, 2.24) is 4.98 Å². The van der Waals surface area contributed by atoms with Crippen LogP contribution in [0, 0.1) is 0 Å². The predicted octanol–water partition coefficient (Wildman–Crippen LogP) is 1.52. The van der Waals surface area contributed by atoms with Gasteiger partial charge in [0, 0.05) is 19.6 Å². The van der Waals surface area contributed by atoms with Gasteiger partial charge in [-0.3, -0.25) is 4.79 Å². The molecule has 3 N–H and O–H groups in total. The van der Waals surface area contributed by atoms with E-state index in [1.165, 1.54) is 19.3 Å². The number of anilines is 2. The number of rotatable bonds is 4. The molecule has 0 bridgehead atoms. The van der Waals surface area contributed by atoms with Gasteiger partial charge in [0.05, 0.1) is 18.0 Å². The molecule has 120 valence electrons. The molecule has 1 amide bonds. The first kappa shape index (κ1) is 15.2. The van der Waals surface area contributed by atoms with E-state index >= 15 is 0 Å². The van der Waals surface area contributed by atoms with Crippen LogP contribution in [0.15, 0.2) is 18.3 Å². The summed E-state index contributed by atoms with van der Waals surface area (Å²) in [6.45, 7) is 2.60. The summed E-state index contributed by atoms with van der Waals surface area (Å²) in [6.07, 6.45) is 6.66. The third kappa shape index (κ3) is 3.56. The normalized spacial score (nSPS) is 25.2. The highest BCUT2D eigenvalue weighted by atomic mass is 16.5. The molecule has 0 aromatic carbocycles. The zero-order valence-electron chi connectivity index (χ0n) is 12.8. The first-order valence-electron chi connectivity index (χ1n) is 8.13. The number of ether oxygens (including phenoxy) is 1. The van der Waals surface area contributed by atoms with E-state index in [1.807, 2.05) is 12.1 Å². The molecule has 0 unspecified atom stereocenters. The van der Waals surface area contributed by atoms with Gasteiger partial charge in [0.15, 0.2) is 0 Å². The second kappa shape index (κ2) is 7.07. The van der Waals surface area contributed by atoms with Crippen molar-refractivity contribution in [2.24, 2.45) is 5.73 Å². The Balaban J connectivity index is 1.55. The zero-order valence-corrected chi connectivity index (χ0v) is 12.8. The molecule has 0 radical (unpaired) electrons. The van der Waals surface area contributed by atoms with Crippen molar-refractivity contribution in [2.75, 3.05) is 29.9 Å². The third-order valence-corrected chi connectivity index (χ3v) is 4.36. The van der Waals surface area contributed by atoms with Gasteiger partial charge < -0.3 is 20.7 Å². The Kier molecular flexibility index (Phi) is 4.90. The summed E-state index contributed by atoms with van der Waals surface area (Å²) in [5.74, 6) is 0.876. The average molecular weight is 304 g/mol. The van der Waals surface area contributed by atoms with E-state index in [-0.39, 0.29) is 12.0 Å². The molecule has 0 aliphatic carbocycles. The van der Waals surface area contributed by atoms with Gasteiger partial charge in [-0.25, -0.2) is 4.98 Å². The minimum atomic E-state index is -0.393. The maximum absolute atomic E-state index is 12.1. The van der Waals surface area contributed by atoms with E-state index in [0.717, 1.165) is 31.7 Å². The molecule has 1 aromatic rings. The number of carbonyl (C=O) groups excluding carboxylic acids is 1. The second-order valence-electron chi connectivity index (χ2n) is 6.00. The van der Waals surface area contributed by atoms with E-state index < -0.39 is 6.10 Å². The highest BCUT2D eigenvalue weighted by Gasteiger charge is 2.29. The van der Waals surface area contributed by atoms with E-state index in [2.05, 4.69) is 15.2 Å². The van der Waals surface area contributed by atoms with Crippen LogP contribution in [0.4, 0.5) is 11.5 Å². The Morgan fingerprint density at radius 3 is 2.77 bits per heavy atom. The molecule has 3 rings (SSSR count). The SMILES string of the molecule is NC[C@H]1CC[C@@H](C(=O)Nc2ccc(N3CCCCC3)nc2)O1. The standard InChI is InChI=1S/C16H24N4O2/c17-10-13-5-6-14(22-13)16(21)19-12-4-7-15(18-11-12)20-8-2-1-3-9-20/h4,7,11,13-14H,1-3,5-6,8-10,17H2,(H,19,21)/t13-,14+/m1/s1. The lowest BCUT2D eigenvalue weighted by atomic mass is 10.1. The summed E-state index contributed by atoms with van der Waals surface area (Å²) in [7, 11) is 0. The molecule has 3 heterocycles. The highest BCUT2D eigenvalue weighted by molar-refractivity contribution is 5.94. The fraction of sp³-hybridized carbons (Fsp3) is 0.625. The van der Waals surface area contributed by atoms with Gasteiger partial charge in [-0.05, 0) is 44.2 Å². The number of amides is 1. The molecule has 0 spiro atoms. The van der Waals surface area contributed by atoms with E-state index in [0.29, 0.717) is 12.2 Å². The number of aromatic nitrogens is 1. The Bertz CT molecular complexity index is 499. The van der Waals surface area contributed by atoms with Gasteiger partial charge in [0.2, 0.25) is 0 Å². The summed E-state index contributed by atoms with van der Waals surface area (Å²) in [5.41, 5.74) is 6.28. The summed E-state index contributed by atoms with van der Waals surface area (Å²) in [5, 5.41) is 2.87. The van der Waals surface area contributed by atoms with Gasteiger partial charge in [-0.2, -0.15) is 0 Å². The Hall–Kier alpha value is -1.66. The lowest BCUT2D eigenvalue weighted by molar-refractivity contribution is -0.126. The summed E-state index contributed by atoms with van der Waals surface area (Å²) in [6, 6.07) is 3.88. The molecule has 22 heavy (non-hydrogen) atoms. The van der Waals surface area contributed by atoms with Crippen LogP contribution in [0.2, 0.25) is 0 Å². The van der Waals surface area contributed by atoms with Crippen molar-refractivity contribution in [1.29, 1.82) is 0 Å². The number of carbonyl (C=O) groups is 1. The largest absolute Gasteiger partial charge is 0.364 e. The molecule has 6 nitrogen and oxygen atoms in total. The molecule has 6 heteroatoms. The lowest BCUT2D eigenvalue weighted by Crippen LogP contribution is -2.31. The molecule has 0 saturated carbocycles. The number of nitrogens with two attached hydrogens (primary N) is 1. The maximum Gasteiger partial charge on any atom is 0.253 e. The number of hydrogen-bond donors (Lipinski definition) is 2. The van der Waals surface area contributed by atoms with Crippen LogP contribution in [-0.2, 0) is 9.53 Å². The number of nitrogens with one attached hydrogen (secondary N) is 1. The maximum atomic E-state index is 12.1. The lowest BCUT2D eigenvalue weighted by Gasteiger charge is -2.27. The molecule has 2 aliphatic rings. The van der Waals surface area contributed by atoms with E-state index in [9.17, 15) is 4.79 Å². The van der Waals surface area contributed by atoms with Crippen molar-refractivity contribution in [3.8, 4) is 0 Å². The van der Waals surface area contributed by atoms with Crippen LogP contribution < -0.4 is 16.0 Å². The van der Waals surface area contributed by atoms with Crippen LogP contribution in [0.3, 0.4) is 0 Å². The van der Waals surface area contributed by atoms with Crippen molar-refractivity contribution in [3.63, 3.8) is 0 Å². The molecule has 2 saturated heterocycles. The van der Waals surface area contributed by atoms with Gasteiger partial charge in [-0.15, -0.1) is 0 Å². The summed E-state index contributed by atoms with van der Waals surface area (Å²) >= 11 is 0. The fourth-order valence-electron chi connectivity index (χ4n) is 3.06. The fourth-order valence-corrected chi connectivity index (χ4v) is 3.06. The Morgan fingerprint density at radius 1 is 1.32 bits per heavy atom. The molecular formula is C16H24N4O2. The van der Waals surface area contributed by atoms with E-state index in [1.54, 1.807) is 6.20 Å². The van der Waals surface area contributed by atoms with Crippen molar-refractivity contribution >= 4 is 17.4 Å². The van der Waals surface area contributed by atoms with Crippen molar-refractivity contribution in [3.05, 3.63) is 18.3 Å². The minimum absolute atomic E-state index is 0.00959. The van der Waals surface area contributed by atoms with Gasteiger partial charge in [-0.1, -0.05) is 0 Å². The Labute approximate surface area is 131 Å². The summed E-state index contributed by atoms with van der Waals surface area (Å²) < 4.78 is 5.60. The summed E-state index contributed by atoms with van der Waals surface area (Å²) in [4.78, 5) is 18.9. The number of nitrogens with zero attached hydrogens (tertiary/aromatic N) is 2. The molecule has 2 fully saturated rings. The average Bonchev–Trinajstić information content (AvgIpc) is 3.06. The second-order valence-corrected chi connectivity index (χ2v) is 6.00. The number of pyridine rings is 1. The first-order valence-corrected chi connectivity index (χ1v) is 8.13. The van der Waals surface area contributed by atoms with Crippen LogP contribution >= 0.6 is 0 Å². The van der Waals surface area contributed by atoms with Gasteiger partial charge in [0.25, 0.3) is 5.91 Å². The highest BCUT2D eigenvalue weighted by Crippen LogP contribution is 2.22. The molecular weight excluding hydrogens is 280 g/mol. The molecule has 2 atom stereocenters. The topological polar surface area (TPSA) is 80.5 Å². The van der Waals surface area contributed by atoms with Crippen LogP contribution in [0.1, 0.15) is 32.1 Å². The molecule has 1 aromatic heterocycles. The smallest absolute Gasteiger partial charge is 0.253 e. The van der Waals surface area contributed by atoms with Crippen LogP contribution in [0.5, 0.6) is 0 Å². The van der Waals surface area contributed by atoms with E-state index in [4.69, 9.17) is 10.5 Å². The van der Waals surface area contributed by atoms with Crippen molar-refractivity contribution in [2.45, 2.75) is 44.3 Å². The minimum Gasteiger partial charge on any atom is -0.364 e. The van der Waals surface area contributed by atoms with Crippen LogP contribution in [-0.4, -0.2) is 42.7 Å². The van der Waals surface area contributed by atoms with Crippen molar-refractivity contribution < 1.29 is 9.53 Å². The van der Waals surface area contributed by atoms with Gasteiger partial charge in [0.1, 0.15) is 11.9 Å².